The number of carbonyl (C=O) groups is 2. The van der Waals surface area contributed by atoms with Crippen LogP contribution in [0.4, 0.5) is 4.39 Å². The number of carbonyl (C=O) groups excluding carboxylic acids is 2. The molecule has 1 saturated heterocycles. The van der Waals surface area contributed by atoms with Crippen molar-refractivity contribution in [2.24, 2.45) is 0 Å². The van der Waals surface area contributed by atoms with Crippen molar-refractivity contribution in [2.75, 3.05) is 13.1 Å². The van der Waals surface area contributed by atoms with Crippen molar-refractivity contribution in [3.05, 3.63) is 34.6 Å². The summed E-state index contributed by atoms with van der Waals surface area (Å²) in [6, 6.07) is 4.42. The van der Waals surface area contributed by atoms with Crippen LogP contribution in [0.1, 0.15) is 12.0 Å². The SMILES string of the molecule is O=C1CCN(Cc2ccc(Cl)c(F)c2)C(=O)CN1. The third-order valence-electron chi connectivity index (χ3n) is 2.76. The second kappa shape index (κ2) is 5.35. The second-order valence-corrected chi connectivity index (χ2v) is 4.50. The highest BCUT2D eigenvalue weighted by molar-refractivity contribution is 6.30. The Hall–Kier alpha value is -1.62. The van der Waals surface area contributed by atoms with Gasteiger partial charge in [0.05, 0.1) is 11.6 Å². The molecule has 1 heterocycles. The van der Waals surface area contributed by atoms with Gasteiger partial charge >= 0.3 is 0 Å². The highest BCUT2D eigenvalue weighted by atomic mass is 35.5. The van der Waals surface area contributed by atoms with Crippen LogP contribution in [0.5, 0.6) is 0 Å². The van der Waals surface area contributed by atoms with Crippen molar-refractivity contribution < 1.29 is 14.0 Å². The van der Waals surface area contributed by atoms with Crippen molar-refractivity contribution in [3.63, 3.8) is 0 Å². The minimum Gasteiger partial charge on any atom is -0.347 e. The van der Waals surface area contributed by atoms with E-state index in [-0.39, 0.29) is 36.3 Å². The van der Waals surface area contributed by atoms with E-state index in [1.54, 1.807) is 6.07 Å². The van der Waals surface area contributed by atoms with Gasteiger partial charge < -0.3 is 10.2 Å². The molecule has 1 fully saturated rings. The Morgan fingerprint density at radius 2 is 2.17 bits per heavy atom. The van der Waals surface area contributed by atoms with Gasteiger partial charge in [0.1, 0.15) is 5.82 Å². The monoisotopic (exact) mass is 270 g/mol. The van der Waals surface area contributed by atoms with Crippen LogP contribution in [-0.4, -0.2) is 29.8 Å². The molecule has 18 heavy (non-hydrogen) atoms. The summed E-state index contributed by atoms with van der Waals surface area (Å²) in [6.45, 7) is 0.617. The molecule has 96 valence electrons. The summed E-state index contributed by atoms with van der Waals surface area (Å²) in [5.74, 6) is -0.824. The predicted molar refractivity (Wildman–Crippen MR) is 64.5 cm³/mol. The van der Waals surface area contributed by atoms with Gasteiger partial charge in [-0.25, -0.2) is 4.39 Å². The molecule has 1 aromatic rings. The zero-order chi connectivity index (χ0) is 13.1. The van der Waals surface area contributed by atoms with Crippen LogP contribution >= 0.6 is 11.6 Å². The number of hydrogen-bond acceptors (Lipinski definition) is 2. The van der Waals surface area contributed by atoms with Gasteiger partial charge in [-0.2, -0.15) is 0 Å². The highest BCUT2D eigenvalue weighted by Gasteiger charge is 2.20. The molecule has 0 aliphatic carbocycles. The van der Waals surface area contributed by atoms with Crippen LogP contribution in [0, 0.1) is 5.82 Å². The van der Waals surface area contributed by atoms with E-state index in [0.717, 1.165) is 0 Å². The van der Waals surface area contributed by atoms with Gasteiger partial charge in [-0.1, -0.05) is 17.7 Å². The zero-order valence-electron chi connectivity index (χ0n) is 9.58. The van der Waals surface area contributed by atoms with Gasteiger partial charge in [0.2, 0.25) is 11.8 Å². The van der Waals surface area contributed by atoms with Gasteiger partial charge in [-0.3, -0.25) is 9.59 Å². The largest absolute Gasteiger partial charge is 0.347 e. The van der Waals surface area contributed by atoms with Gasteiger partial charge in [0.25, 0.3) is 0 Å². The number of amides is 2. The Bertz CT molecular complexity index is 493. The number of nitrogens with one attached hydrogen (secondary N) is 1. The zero-order valence-corrected chi connectivity index (χ0v) is 10.3. The normalized spacial score (nSPS) is 16.4. The first-order valence-electron chi connectivity index (χ1n) is 5.54. The molecule has 1 aromatic carbocycles. The number of rotatable bonds is 2. The van der Waals surface area contributed by atoms with Gasteiger partial charge in [-0.15, -0.1) is 0 Å². The van der Waals surface area contributed by atoms with E-state index >= 15 is 0 Å². The minimum atomic E-state index is -0.509. The molecule has 0 spiro atoms. The molecular weight excluding hydrogens is 259 g/mol. The van der Waals surface area contributed by atoms with Crippen LogP contribution in [0.15, 0.2) is 18.2 Å². The van der Waals surface area contributed by atoms with Crippen LogP contribution in [0.25, 0.3) is 0 Å². The number of halogens is 2. The first-order valence-corrected chi connectivity index (χ1v) is 5.92. The molecule has 2 rings (SSSR count). The molecular formula is C12H12ClFN2O2. The lowest BCUT2D eigenvalue weighted by Crippen LogP contribution is -2.34. The molecule has 0 unspecified atom stereocenters. The van der Waals surface area contributed by atoms with Crippen LogP contribution in [0.3, 0.4) is 0 Å². The van der Waals surface area contributed by atoms with E-state index in [9.17, 15) is 14.0 Å². The Labute approximate surface area is 109 Å². The molecule has 0 aromatic heterocycles. The number of benzene rings is 1. The van der Waals surface area contributed by atoms with Crippen LogP contribution < -0.4 is 5.32 Å². The van der Waals surface area contributed by atoms with Crippen molar-refractivity contribution >= 4 is 23.4 Å². The topological polar surface area (TPSA) is 49.4 Å². The second-order valence-electron chi connectivity index (χ2n) is 4.09. The van der Waals surface area contributed by atoms with E-state index in [1.807, 2.05) is 0 Å². The fourth-order valence-corrected chi connectivity index (χ4v) is 1.88. The molecule has 1 aliphatic rings. The number of nitrogens with zero attached hydrogens (tertiary/aromatic N) is 1. The van der Waals surface area contributed by atoms with Gasteiger partial charge in [-0.05, 0) is 17.7 Å². The Morgan fingerprint density at radius 3 is 2.89 bits per heavy atom. The molecule has 1 N–H and O–H groups in total. The quantitative estimate of drug-likeness (QED) is 0.881. The lowest BCUT2D eigenvalue weighted by Gasteiger charge is -2.19. The molecule has 0 atom stereocenters. The maximum absolute atomic E-state index is 13.3. The van der Waals surface area contributed by atoms with E-state index in [0.29, 0.717) is 12.1 Å². The average molecular weight is 271 g/mol. The molecule has 0 bridgehead atoms. The maximum Gasteiger partial charge on any atom is 0.242 e. The maximum atomic E-state index is 13.3. The fraction of sp³-hybridized carbons (Fsp3) is 0.333. The summed E-state index contributed by atoms with van der Waals surface area (Å²) in [4.78, 5) is 24.4. The summed E-state index contributed by atoms with van der Waals surface area (Å²) >= 11 is 5.59. The Morgan fingerprint density at radius 1 is 1.39 bits per heavy atom. The van der Waals surface area contributed by atoms with E-state index in [1.165, 1.54) is 17.0 Å². The first kappa shape index (κ1) is 12.8. The lowest BCUT2D eigenvalue weighted by atomic mass is 10.2. The van der Waals surface area contributed by atoms with Gasteiger partial charge in [0.15, 0.2) is 0 Å². The average Bonchev–Trinajstić information content (AvgIpc) is 2.49. The number of hydrogen-bond donors (Lipinski definition) is 1. The van der Waals surface area contributed by atoms with E-state index in [4.69, 9.17) is 11.6 Å². The molecule has 6 heteroatoms. The van der Waals surface area contributed by atoms with Crippen molar-refractivity contribution in [3.8, 4) is 0 Å². The summed E-state index contributed by atoms with van der Waals surface area (Å²) in [5, 5.41) is 2.56. The van der Waals surface area contributed by atoms with E-state index < -0.39 is 5.82 Å². The highest BCUT2D eigenvalue weighted by Crippen LogP contribution is 2.17. The Kier molecular flexibility index (Phi) is 3.81. The predicted octanol–water partition coefficient (Wildman–Crippen LogP) is 1.33. The first-order chi connectivity index (χ1) is 8.56. The van der Waals surface area contributed by atoms with Crippen LogP contribution in [-0.2, 0) is 16.1 Å². The molecule has 2 amide bonds. The fourth-order valence-electron chi connectivity index (χ4n) is 1.76. The Balaban J connectivity index is 2.09. The minimum absolute atomic E-state index is 0.00505. The third kappa shape index (κ3) is 2.98. The van der Waals surface area contributed by atoms with E-state index in [2.05, 4.69) is 5.32 Å². The van der Waals surface area contributed by atoms with Crippen molar-refractivity contribution in [2.45, 2.75) is 13.0 Å². The smallest absolute Gasteiger partial charge is 0.242 e. The molecule has 4 nitrogen and oxygen atoms in total. The summed E-state index contributed by atoms with van der Waals surface area (Å²) in [6.07, 6.45) is 0.266. The summed E-state index contributed by atoms with van der Waals surface area (Å²) in [7, 11) is 0. The molecule has 0 saturated carbocycles. The third-order valence-corrected chi connectivity index (χ3v) is 3.06. The molecule has 1 aliphatic heterocycles. The molecule has 0 radical (unpaired) electrons. The summed E-state index contributed by atoms with van der Waals surface area (Å²) < 4.78 is 13.3. The standard InChI is InChI=1S/C12H12ClFN2O2/c13-9-2-1-8(5-10(9)14)7-16-4-3-11(17)15-6-12(16)18/h1-2,5H,3-4,6-7H2,(H,15,17). The lowest BCUT2D eigenvalue weighted by molar-refractivity contribution is -0.130. The van der Waals surface area contributed by atoms with Crippen molar-refractivity contribution in [1.29, 1.82) is 0 Å². The summed E-state index contributed by atoms with van der Waals surface area (Å²) in [5.41, 5.74) is 0.652. The van der Waals surface area contributed by atoms with Gasteiger partial charge in [0, 0.05) is 19.5 Å². The van der Waals surface area contributed by atoms with Crippen LogP contribution in [0.2, 0.25) is 5.02 Å². The van der Waals surface area contributed by atoms with Crippen molar-refractivity contribution in [1.82, 2.24) is 10.2 Å².